The number of carbonyl (C=O) groups excluding carboxylic acids is 1. The molecule has 2 N–H and O–H groups in total. The predicted octanol–water partition coefficient (Wildman–Crippen LogP) is 2.69. The van der Waals surface area contributed by atoms with Crippen molar-refractivity contribution in [3.63, 3.8) is 0 Å². The van der Waals surface area contributed by atoms with Gasteiger partial charge in [-0.25, -0.2) is 0 Å². The highest BCUT2D eigenvalue weighted by Crippen LogP contribution is 2.14. The van der Waals surface area contributed by atoms with E-state index in [4.69, 9.17) is 5.11 Å². The van der Waals surface area contributed by atoms with Crippen molar-refractivity contribution in [2.75, 3.05) is 19.4 Å². The molecule has 0 fully saturated rings. The number of rotatable bonds is 8. The number of hydrogen-bond acceptors (Lipinski definition) is 3. The first kappa shape index (κ1) is 15.1. The molecule has 0 aliphatic heterocycles. The van der Waals surface area contributed by atoms with Crippen molar-refractivity contribution in [2.24, 2.45) is 0 Å². The van der Waals surface area contributed by atoms with Crippen LogP contribution in [0.3, 0.4) is 0 Å². The van der Waals surface area contributed by atoms with E-state index in [1.807, 2.05) is 30.5 Å². The Bertz CT molecular complexity index is 351. The zero-order chi connectivity index (χ0) is 13.2. The number of amides is 1. The fourth-order valence-electron chi connectivity index (χ4n) is 1.64. The minimum absolute atomic E-state index is 0.00943. The molecular weight excluding hydrogens is 246 g/mol. The molecule has 1 aromatic rings. The molecule has 0 heterocycles. The summed E-state index contributed by atoms with van der Waals surface area (Å²) < 4.78 is 0. The number of carbonyl (C=O) groups is 1. The van der Waals surface area contributed by atoms with Gasteiger partial charge in [-0.15, -0.1) is 11.8 Å². The first-order valence-electron chi connectivity index (χ1n) is 6.31. The van der Waals surface area contributed by atoms with Gasteiger partial charge in [0.05, 0.1) is 0 Å². The Morgan fingerprint density at radius 3 is 2.44 bits per heavy atom. The zero-order valence-electron chi connectivity index (χ0n) is 10.8. The van der Waals surface area contributed by atoms with E-state index < -0.39 is 0 Å². The number of unbranched alkanes of at least 4 members (excludes halogenated alkanes) is 3. The lowest BCUT2D eigenvalue weighted by Gasteiger charge is -2.05. The summed E-state index contributed by atoms with van der Waals surface area (Å²) in [4.78, 5) is 12.9. The summed E-state index contributed by atoms with van der Waals surface area (Å²) in [6, 6.07) is 7.63. The molecule has 18 heavy (non-hydrogen) atoms. The van der Waals surface area contributed by atoms with Gasteiger partial charge in [0.2, 0.25) is 0 Å². The van der Waals surface area contributed by atoms with E-state index in [1.165, 1.54) is 0 Å². The number of thioether (sulfide) groups is 1. The topological polar surface area (TPSA) is 49.3 Å². The maximum absolute atomic E-state index is 11.8. The molecule has 1 rings (SSSR count). The summed E-state index contributed by atoms with van der Waals surface area (Å²) in [6.45, 7) is 0.961. The highest BCUT2D eigenvalue weighted by atomic mass is 32.2. The van der Waals surface area contributed by atoms with Gasteiger partial charge in [-0.2, -0.15) is 0 Å². The summed E-state index contributed by atoms with van der Waals surface area (Å²) in [5.74, 6) is -0.00943. The van der Waals surface area contributed by atoms with Crippen LogP contribution in [0.15, 0.2) is 29.2 Å². The van der Waals surface area contributed by atoms with E-state index >= 15 is 0 Å². The second-order valence-electron chi connectivity index (χ2n) is 4.12. The second kappa shape index (κ2) is 9.00. The summed E-state index contributed by atoms with van der Waals surface area (Å²) in [6.07, 6.45) is 5.90. The van der Waals surface area contributed by atoms with Gasteiger partial charge in [0.1, 0.15) is 0 Å². The van der Waals surface area contributed by atoms with Crippen LogP contribution in [-0.2, 0) is 0 Å². The van der Waals surface area contributed by atoms with Gasteiger partial charge in [-0.1, -0.05) is 12.8 Å². The van der Waals surface area contributed by atoms with Crippen LogP contribution in [0.1, 0.15) is 36.0 Å². The van der Waals surface area contributed by atoms with Gasteiger partial charge in [-0.3, -0.25) is 4.79 Å². The molecule has 0 aromatic heterocycles. The Labute approximate surface area is 113 Å². The van der Waals surface area contributed by atoms with Gasteiger partial charge < -0.3 is 10.4 Å². The average molecular weight is 267 g/mol. The number of nitrogens with one attached hydrogen (secondary N) is 1. The number of aliphatic hydroxyl groups is 1. The Morgan fingerprint density at radius 2 is 1.83 bits per heavy atom. The molecule has 4 heteroatoms. The molecule has 0 spiro atoms. The van der Waals surface area contributed by atoms with Crippen molar-refractivity contribution < 1.29 is 9.90 Å². The molecule has 100 valence electrons. The lowest BCUT2D eigenvalue weighted by Crippen LogP contribution is -2.24. The molecule has 0 saturated heterocycles. The van der Waals surface area contributed by atoms with Crippen molar-refractivity contribution in [2.45, 2.75) is 30.6 Å². The number of hydrogen-bond donors (Lipinski definition) is 2. The smallest absolute Gasteiger partial charge is 0.251 e. The summed E-state index contributed by atoms with van der Waals surface area (Å²) in [5, 5.41) is 11.5. The van der Waals surface area contributed by atoms with Crippen molar-refractivity contribution in [1.29, 1.82) is 0 Å². The normalized spacial score (nSPS) is 10.3. The minimum atomic E-state index is -0.00943. The van der Waals surface area contributed by atoms with Crippen LogP contribution in [0, 0.1) is 0 Å². The third kappa shape index (κ3) is 5.56. The predicted molar refractivity (Wildman–Crippen MR) is 76.1 cm³/mol. The molecule has 0 atom stereocenters. The zero-order valence-corrected chi connectivity index (χ0v) is 11.6. The van der Waals surface area contributed by atoms with Crippen LogP contribution in [0.2, 0.25) is 0 Å². The van der Waals surface area contributed by atoms with Crippen molar-refractivity contribution in [3.8, 4) is 0 Å². The third-order valence-corrected chi connectivity index (χ3v) is 3.47. The van der Waals surface area contributed by atoms with E-state index in [-0.39, 0.29) is 12.5 Å². The Hall–Kier alpha value is -1.00. The maximum Gasteiger partial charge on any atom is 0.251 e. The van der Waals surface area contributed by atoms with E-state index in [1.54, 1.807) is 11.8 Å². The minimum Gasteiger partial charge on any atom is -0.396 e. The molecule has 0 aliphatic rings. The quantitative estimate of drug-likeness (QED) is 0.562. The molecule has 1 aromatic carbocycles. The van der Waals surface area contributed by atoms with E-state index in [2.05, 4.69) is 5.32 Å². The van der Waals surface area contributed by atoms with Gasteiger partial charge in [0.25, 0.3) is 5.91 Å². The van der Waals surface area contributed by atoms with E-state index in [9.17, 15) is 4.79 Å². The molecule has 0 bridgehead atoms. The molecule has 0 saturated carbocycles. The third-order valence-electron chi connectivity index (χ3n) is 2.72. The SMILES string of the molecule is CSc1ccc(C(=O)NCCCCCCO)cc1. The standard InChI is InChI=1S/C14H21NO2S/c1-18-13-8-6-12(7-9-13)14(17)15-10-4-2-3-5-11-16/h6-9,16H,2-5,10-11H2,1H3,(H,15,17). The van der Waals surface area contributed by atoms with Crippen LogP contribution in [0.25, 0.3) is 0 Å². The Balaban J connectivity index is 2.23. The van der Waals surface area contributed by atoms with Gasteiger partial charge in [0, 0.05) is 23.6 Å². The first-order valence-corrected chi connectivity index (χ1v) is 7.53. The fourth-order valence-corrected chi connectivity index (χ4v) is 2.04. The monoisotopic (exact) mass is 267 g/mol. The van der Waals surface area contributed by atoms with Crippen molar-refractivity contribution >= 4 is 17.7 Å². The van der Waals surface area contributed by atoms with Crippen LogP contribution < -0.4 is 5.32 Å². The van der Waals surface area contributed by atoms with Gasteiger partial charge in [0.15, 0.2) is 0 Å². The molecule has 0 unspecified atom stereocenters. The average Bonchev–Trinajstić information content (AvgIpc) is 2.42. The van der Waals surface area contributed by atoms with Crippen LogP contribution in [0.5, 0.6) is 0 Å². The maximum atomic E-state index is 11.8. The summed E-state index contributed by atoms with van der Waals surface area (Å²) in [5.41, 5.74) is 0.711. The summed E-state index contributed by atoms with van der Waals surface area (Å²) >= 11 is 1.67. The fraction of sp³-hybridized carbons (Fsp3) is 0.500. The van der Waals surface area contributed by atoms with Crippen LogP contribution in [0.4, 0.5) is 0 Å². The molecule has 3 nitrogen and oxygen atoms in total. The van der Waals surface area contributed by atoms with E-state index in [0.29, 0.717) is 12.1 Å². The van der Waals surface area contributed by atoms with Crippen LogP contribution in [-0.4, -0.2) is 30.4 Å². The van der Waals surface area contributed by atoms with Crippen LogP contribution >= 0.6 is 11.8 Å². The molecule has 0 radical (unpaired) electrons. The highest BCUT2D eigenvalue weighted by molar-refractivity contribution is 7.98. The number of benzene rings is 1. The Morgan fingerprint density at radius 1 is 1.17 bits per heavy atom. The highest BCUT2D eigenvalue weighted by Gasteiger charge is 2.03. The lowest BCUT2D eigenvalue weighted by molar-refractivity contribution is 0.0952. The largest absolute Gasteiger partial charge is 0.396 e. The van der Waals surface area contributed by atoms with Gasteiger partial charge in [-0.05, 0) is 43.4 Å². The summed E-state index contributed by atoms with van der Waals surface area (Å²) in [7, 11) is 0. The molecule has 1 amide bonds. The molecular formula is C14H21NO2S. The first-order chi connectivity index (χ1) is 8.77. The van der Waals surface area contributed by atoms with Crippen molar-refractivity contribution in [1.82, 2.24) is 5.32 Å². The molecule has 0 aliphatic carbocycles. The van der Waals surface area contributed by atoms with Crippen molar-refractivity contribution in [3.05, 3.63) is 29.8 Å². The van der Waals surface area contributed by atoms with Gasteiger partial charge >= 0.3 is 0 Å². The number of aliphatic hydroxyl groups excluding tert-OH is 1. The Kier molecular flexibility index (Phi) is 7.53. The lowest BCUT2D eigenvalue weighted by atomic mass is 10.2. The van der Waals surface area contributed by atoms with E-state index in [0.717, 1.165) is 30.6 Å². The second-order valence-corrected chi connectivity index (χ2v) is 5.00.